The Morgan fingerprint density at radius 2 is 2.26 bits per heavy atom. The van der Waals surface area contributed by atoms with E-state index >= 15 is 0 Å². The molecule has 1 rings (SSSR count). The van der Waals surface area contributed by atoms with Crippen LogP contribution in [0.2, 0.25) is 0 Å². The first-order valence-corrected chi connectivity index (χ1v) is 7.61. The highest BCUT2D eigenvalue weighted by atomic mass is 32.2. The van der Waals surface area contributed by atoms with Crippen LogP contribution in [-0.2, 0) is 0 Å². The van der Waals surface area contributed by atoms with Gasteiger partial charge in [0.1, 0.15) is 11.6 Å². The Morgan fingerprint density at radius 3 is 2.84 bits per heavy atom. The molecular formula is C13H21N5S. The second-order valence-electron chi connectivity index (χ2n) is 4.35. The number of nitriles is 1. The summed E-state index contributed by atoms with van der Waals surface area (Å²) >= 11 is 1.52. The van der Waals surface area contributed by atoms with Crippen LogP contribution in [0.5, 0.6) is 0 Å². The largest absolute Gasteiger partial charge is 0.370 e. The maximum Gasteiger partial charge on any atom is 0.191 e. The molecule has 0 amide bonds. The molecule has 5 nitrogen and oxygen atoms in total. The van der Waals surface area contributed by atoms with Crippen LogP contribution in [0.1, 0.15) is 26.7 Å². The maximum absolute atomic E-state index is 8.78. The zero-order chi connectivity index (χ0) is 14.3. The first-order chi connectivity index (χ1) is 9.12. The molecular weight excluding hydrogens is 258 g/mol. The molecule has 0 saturated heterocycles. The second-order valence-corrected chi connectivity index (χ2v) is 5.12. The molecule has 1 unspecified atom stereocenters. The lowest BCUT2D eigenvalue weighted by molar-refractivity contribution is 0.687. The Hall–Kier alpha value is -1.48. The van der Waals surface area contributed by atoms with E-state index in [4.69, 9.17) is 5.26 Å². The molecule has 0 spiro atoms. The fourth-order valence-corrected chi connectivity index (χ4v) is 1.90. The van der Waals surface area contributed by atoms with Crippen LogP contribution < -0.4 is 10.2 Å². The molecule has 104 valence electrons. The lowest BCUT2D eigenvalue weighted by Gasteiger charge is -2.24. The standard InChI is InChI=1S/C13H21N5S/c1-5-8-15-11-9-12(17-13(16-11)19-4)18(3)10(2)6-7-14/h9-10H,5-6,8H2,1-4H3,(H,15,16,17). The molecule has 19 heavy (non-hydrogen) atoms. The van der Waals surface area contributed by atoms with Gasteiger partial charge in [0.25, 0.3) is 0 Å². The molecule has 0 aliphatic heterocycles. The Labute approximate surface area is 119 Å². The number of thioether (sulfide) groups is 1. The van der Waals surface area contributed by atoms with Crippen LogP contribution in [0.4, 0.5) is 11.6 Å². The van der Waals surface area contributed by atoms with Crippen molar-refractivity contribution >= 4 is 23.4 Å². The highest BCUT2D eigenvalue weighted by molar-refractivity contribution is 7.98. The van der Waals surface area contributed by atoms with Crippen LogP contribution in [0.3, 0.4) is 0 Å². The molecule has 6 heteroatoms. The summed E-state index contributed by atoms with van der Waals surface area (Å²) in [5.74, 6) is 1.69. The molecule has 0 fully saturated rings. The van der Waals surface area contributed by atoms with Crippen molar-refractivity contribution in [2.45, 2.75) is 37.9 Å². The normalized spacial score (nSPS) is 11.7. The summed E-state index contributed by atoms with van der Waals surface area (Å²) in [5, 5.41) is 12.8. The average Bonchev–Trinajstić information content (AvgIpc) is 2.44. The number of hydrogen-bond donors (Lipinski definition) is 1. The van der Waals surface area contributed by atoms with E-state index in [1.165, 1.54) is 11.8 Å². The van der Waals surface area contributed by atoms with Gasteiger partial charge in [0.05, 0.1) is 12.5 Å². The Bertz CT molecular complexity index is 443. The third-order valence-electron chi connectivity index (χ3n) is 2.84. The van der Waals surface area contributed by atoms with Gasteiger partial charge in [-0.25, -0.2) is 9.97 Å². The van der Waals surface area contributed by atoms with Gasteiger partial charge in [0.2, 0.25) is 0 Å². The van der Waals surface area contributed by atoms with Crippen LogP contribution >= 0.6 is 11.8 Å². The first kappa shape index (κ1) is 15.6. The summed E-state index contributed by atoms with van der Waals surface area (Å²) in [6.07, 6.45) is 3.49. The van der Waals surface area contributed by atoms with E-state index in [1.54, 1.807) is 0 Å². The zero-order valence-electron chi connectivity index (χ0n) is 12.0. The van der Waals surface area contributed by atoms with E-state index < -0.39 is 0 Å². The fraction of sp³-hybridized carbons (Fsp3) is 0.615. The van der Waals surface area contributed by atoms with Crippen LogP contribution in [0, 0.1) is 11.3 Å². The Kier molecular flexibility index (Phi) is 6.43. The average molecular weight is 279 g/mol. The van der Waals surface area contributed by atoms with Crippen molar-refractivity contribution in [1.82, 2.24) is 9.97 Å². The zero-order valence-corrected chi connectivity index (χ0v) is 12.8. The van der Waals surface area contributed by atoms with Crippen molar-refractivity contribution in [1.29, 1.82) is 5.26 Å². The molecule has 1 N–H and O–H groups in total. The number of nitrogens with zero attached hydrogens (tertiary/aromatic N) is 4. The lowest BCUT2D eigenvalue weighted by atomic mass is 10.2. The molecule has 1 aromatic heterocycles. The van der Waals surface area contributed by atoms with Gasteiger partial charge >= 0.3 is 0 Å². The van der Waals surface area contributed by atoms with E-state index in [0.29, 0.717) is 6.42 Å². The monoisotopic (exact) mass is 279 g/mol. The third kappa shape index (κ3) is 4.60. The van der Waals surface area contributed by atoms with Crippen molar-refractivity contribution < 1.29 is 0 Å². The summed E-state index contributed by atoms with van der Waals surface area (Å²) in [7, 11) is 1.96. The molecule has 1 aromatic rings. The minimum Gasteiger partial charge on any atom is -0.370 e. The predicted molar refractivity (Wildman–Crippen MR) is 80.7 cm³/mol. The van der Waals surface area contributed by atoms with Crippen molar-refractivity contribution in [2.24, 2.45) is 0 Å². The Balaban J connectivity index is 2.95. The van der Waals surface area contributed by atoms with E-state index in [-0.39, 0.29) is 6.04 Å². The summed E-state index contributed by atoms with van der Waals surface area (Å²) < 4.78 is 0. The van der Waals surface area contributed by atoms with Crippen LogP contribution in [0.15, 0.2) is 11.2 Å². The minimum absolute atomic E-state index is 0.133. The van der Waals surface area contributed by atoms with E-state index in [9.17, 15) is 0 Å². The molecule has 0 radical (unpaired) electrons. The molecule has 1 heterocycles. The first-order valence-electron chi connectivity index (χ1n) is 6.39. The molecule has 0 bridgehead atoms. The van der Waals surface area contributed by atoms with Crippen LogP contribution in [0.25, 0.3) is 0 Å². The van der Waals surface area contributed by atoms with E-state index in [2.05, 4.69) is 28.3 Å². The van der Waals surface area contributed by atoms with Crippen molar-refractivity contribution in [3.8, 4) is 6.07 Å². The van der Waals surface area contributed by atoms with E-state index in [1.807, 2.05) is 31.2 Å². The smallest absolute Gasteiger partial charge is 0.191 e. The summed E-state index contributed by atoms with van der Waals surface area (Å²) in [4.78, 5) is 10.9. The number of anilines is 2. The second kappa shape index (κ2) is 7.85. The van der Waals surface area contributed by atoms with Crippen molar-refractivity contribution in [3.63, 3.8) is 0 Å². The lowest BCUT2D eigenvalue weighted by Crippen LogP contribution is -2.29. The van der Waals surface area contributed by atoms with Gasteiger partial charge in [-0.1, -0.05) is 18.7 Å². The van der Waals surface area contributed by atoms with Gasteiger partial charge in [0.15, 0.2) is 5.16 Å². The molecule has 1 atom stereocenters. The van der Waals surface area contributed by atoms with Gasteiger partial charge in [-0.15, -0.1) is 0 Å². The molecule has 0 saturated carbocycles. The highest BCUT2D eigenvalue weighted by Gasteiger charge is 2.13. The van der Waals surface area contributed by atoms with Crippen LogP contribution in [-0.4, -0.2) is 35.9 Å². The quantitative estimate of drug-likeness (QED) is 0.611. The third-order valence-corrected chi connectivity index (χ3v) is 3.39. The predicted octanol–water partition coefficient (Wildman–Crippen LogP) is 2.76. The number of rotatable bonds is 7. The van der Waals surface area contributed by atoms with Gasteiger partial charge in [-0.3, -0.25) is 0 Å². The molecule has 0 aromatic carbocycles. The minimum atomic E-state index is 0.133. The summed E-state index contributed by atoms with van der Waals surface area (Å²) in [6.45, 7) is 5.02. The molecule has 0 aliphatic rings. The Morgan fingerprint density at radius 1 is 1.53 bits per heavy atom. The number of nitrogens with one attached hydrogen (secondary N) is 1. The fourth-order valence-electron chi connectivity index (χ4n) is 1.52. The van der Waals surface area contributed by atoms with Gasteiger partial charge < -0.3 is 10.2 Å². The van der Waals surface area contributed by atoms with Gasteiger partial charge in [0, 0.05) is 25.7 Å². The summed E-state index contributed by atoms with van der Waals surface area (Å²) in [6, 6.07) is 4.26. The topological polar surface area (TPSA) is 64.8 Å². The maximum atomic E-state index is 8.78. The summed E-state index contributed by atoms with van der Waals surface area (Å²) in [5.41, 5.74) is 0. The highest BCUT2D eigenvalue weighted by Crippen LogP contribution is 2.21. The molecule has 0 aliphatic carbocycles. The van der Waals surface area contributed by atoms with E-state index in [0.717, 1.165) is 29.8 Å². The number of aromatic nitrogens is 2. The number of hydrogen-bond acceptors (Lipinski definition) is 6. The van der Waals surface area contributed by atoms with Gasteiger partial charge in [-0.05, 0) is 19.6 Å². The SMILES string of the molecule is CCCNc1cc(N(C)C(C)CC#N)nc(SC)n1. The van der Waals surface area contributed by atoms with Crippen molar-refractivity contribution in [3.05, 3.63) is 6.07 Å². The van der Waals surface area contributed by atoms with Gasteiger partial charge in [-0.2, -0.15) is 5.26 Å². The van der Waals surface area contributed by atoms with Crippen molar-refractivity contribution in [2.75, 3.05) is 30.1 Å².